The summed E-state index contributed by atoms with van der Waals surface area (Å²) in [7, 11) is 1.32. The zero-order chi connectivity index (χ0) is 17.0. The van der Waals surface area contributed by atoms with Gasteiger partial charge in [0.2, 0.25) is 0 Å². The van der Waals surface area contributed by atoms with E-state index in [4.69, 9.17) is 4.74 Å². The molecule has 124 valence electrons. The summed E-state index contributed by atoms with van der Waals surface area (Å²) in [4.78, 5) is 23.5. The van der Waals surface area contributed by atoms with Crippen molar-refractivity contribution in [2.24, 2.45) is 5.92 Å². The van der Waals surface area contributed by atoms with Crippen LogP contribution in [0.25, 0.3) is 0 Å². The van der Waals surface area contributed by atoms with Gasteiger partial charge in [-0.05, 0) is 44.4 Å². The highest BCUT2D eigenvalue weighted by molar-refractivity contribution is 5.90. The summed E-state index contributed by atoms with van der Waals surface area (Å²) >= 11 is 0. The number of allylic oxidation sites excluding steroid dienone is 1. The van der Waals surface area contributed by atoms with E-state index >= 15 is 0 Å². The van der Waals surface area contributed by atoms with Crippen molar-refractivity contribution in [1.29, 1.82) is 0 Å². The molecule has 0 fully saturated rings. The maximum Gasteiger partial charge on any atom is 0.337 e. The molecule has 1 aromatic carbocycles. The number of hydrogen-bond donors (Lipinski definition) is 1. The number of ether oxygens (including phenoxy) is 2. The Morgan fingerprint density at radius 2 is 1.91 bits per heavy atom. The SMILES string of the molecule is CCOC(=O)C1=CCC[C@H]1[C@](C)(O)c1ccc(C(=O)OC)cc1. The van der Waals surface area contributed by atoms with Gasteiger partial charge >= 0.3 is 11.9 Å². The molecule has 0 aromatic heterocycles. The van der Waals surface area contributed by atoms with Gasteiger partial charge in [-0.3, -0.25) is 0 Å². The Balaban J connectivity index is 2.25. The van der Waals surface area contributed by atoms with Crippen LogP contribution < -0.4 is 0 Å². The number of rotatable bonds is 5. The summed E-state index contributed by atoms with van der Waals surface area (Å²) < 4.78 is 9.74. The van der Waals surface area contributed by atoms with Crippen molar-refractivity contribution in [3.05, 3.63) is 47.0 Å². The molecular weight excluding hydrogens is 296 g/mol. The minimum atomic E-state index is -1.22. The summed E-state index contributed by atoms with van der Waals surface area (Å²) in [6.07, 6.45) is 3.25. The summed E-state index contributed by atoms with van der Waals surface area (Å²) in [5.41, 5.74) is 0.366. The minimum absolute atomic E-state index is 0.304. The molecule has 1 aliphatic carbocycles. The van der Waals surface area contributed by atoms with E-state index in [1.54, 1.807) is 38.1 Å². The molecule has 23 heavy (non-hydrogen) atoms. The Morgan fingerprint density at radius 1 is 1.26 bits per heavy atom. The van der Waals surface area contributed by atoms with Crippen molar-refractivity contribution in [1.82, 2.24) is 0 Å². The second-order valence-electron chi connectivity index (χ2n) is 5.73. The number of carbonyl (C=O) groups is 2. The smallest absolute Gasteiger partial charge is 0.337 e. The highest BCUT2D eigenvalue weighted by Crippen LogP contribution is 2.41. The number of hydrogen-bond acceptors (Lipinski definition) is 5. The van der Waals surface area contributed by atoms with Gasteiger partial charge in [0.15, 0.2) is 0 Å². The minimum Gasteiger partial charge on any atom is -0.465 e. The van der Waals surface area contributed by atoms with Crippen molar-refractivity contribution in [2.75, 3.05) is 13.7 Å². The molecule has 1 N–H and O–H groups in total. The lowest BCUT2D eigenvalue weighted by Crippen LogP contribution is -2.34. The molecule has 1 aliphatic rings. The first-order valence-corrected chi connectivity index (χ1v) is 7.70. The number of methoxy groups -OCH3 is 1. The first-order chi connectivity index (χ1) is 10.9. The van der Waals surface area contributed by atoms with Gasteiger partial charge in [-0.2, -0.15) is 0 Å². The first kappa shape index (κ1) is 17.2. The van der Waals surface area contributed by atoms with Gasteiger partial charge < -0.3 is 14.6 Å². The second kappa shape index (κ2) is 6.96. The van der Waals surface area contributed by atoms with Crippen LogP contribution in [-0.4, -0.2) is 30.8 Å². The third kappa shape index (κ3) is 3.45. The fourth-order valence-corrected chi connectivity index (χ4v) is 2.99. The molecule has 2 atom stereocenters. The van der Waals surface area contributed by atoms with E-state index in [9.17, 15) is 14.7 Å². The van der Waals surface area contributed by atoms with Crippen LogP contribution in [0.15, 0.2) is 35.9 Å². The number of esters is 2. The maximum absolute atomic E-state index is 12.1. The van der Waals surface area contributed by atoms with E-state index in [1.807, 2.05) is 6.08 Å². The third-order valence-corrected chi connectivity index (χ3v) is 4.28. The number of carbonyl (C=O) groups excluding carboxylic acids is 2. The molecule has 2 rings (SSSR count). The second-order valence-corrected chi connectivity index (χ2v) is 5.73. The van der Waals surface area contributed by atoms with Crippen LogP contribution in [0, 0.1) is 5.92 Å². The Bertz CT molecular complexity index is 613. The lowest BCUT2D eigenvalue weighted by atomic mass is 9.79. The van der Waals surface area contributed by atoms with E-state index in [0.29, 0.717) is 29.7 Å². The molecular formula is C18H22O5. The number of benzene rings is 1. The normalized spacial score (nSPS) is 19.7. The van der Waals surface area contributed by atoms with Crippen LogP contribution in [0.5, 0.6) is 0 Å². The Morgan fingerprint density at radius 3 is 2.48 bits per heavy atom. The van der Waals surface area contributed by atoms with Crippen LogP contribution in [0.3, 0.4) is 0 Å². The van der Waals surface area contributed by atoms with Crippen molar-refractivity contribution in [3.8, 4) is 0 Å². The van der Waals surface area contributed by atoms with Gasteiger partial charge in [-0.25, -0.2) is 9.59 Å². The zero-order valence-electron chi connectivity index (χ0n) is 13.7. The molecule has 0 saturated heterocycles. The Labute approximate surface area is 135 Å². The van der Waals surface area contributed by atoms with E-state index < -0.39 is 11.6 Å². The lowest BCUT2D eigenvalue weighted by Gasteiger charge is -2.32. The van der Waals surface area contributed by atoms with E-state index in [1.165, 1.54) is 7.11 Å². The summed E-state index contributed by atoms with van der Waals surface area (Å²) in [6, 6.07) is 6.59. The molecule has 0 saturated carbocycles. The predicted octanol–water partition coefficient (Wildman–Crippen LogP) is 2.58. The van der Waals surface area contributed by atoms with Crippen LogP contribution >= 0.6 is 0 Å². The molecule has 0 radical (unpaired) electrons. The van der Waals surface area contributed by atoms with Crippen molar-refractivity contribution >= 4 is 11.9 Å². The monoisotopic (exact) mass is 318 g/mol. The summed E-state index contributed by atoms with van der Waals surface area (Å²) in [6.45, 7) is 3.74. The quantitative estimate of drug-likeness (QED) is 0.845. The Hall–Kier alpha value is -2.14. The van der Waals surface area contributed by atoms with Crippen LogP contribution in [0.2, 0.25) is 0 Å². The van der Waals surface area contributed by atoms with Crippen molar-refractivity contribution in [2.45, 2.75) is 32.3 Å². The summed E-state index contributed by atoms with van der Waals surface area (Å²) in [5, 5.41) is 11.0. The average Bonchev–Trinajstić information content (AvgIpc) is 3.05. The predicted molar refractivity (Wildman–Crippen MR) is 84.8 cm³/mol. The standard InChI is InChI=1S/C18H22O5/c1-4-23-17(20)14-6-5-7-15(14)18(2,21)13-10-8-12(9-11-13)16(19)22-3/h6,8-11,15,21H,4-5,7H2,1-3H3/t15-,18-/m1/s1. The van der Waals surface area contributed by atoms with Crippen LogP contribution in [0.1, 0.15) is 42.6 Å². The first-order valence-electron chi connectivity index (χ1n) is 7.70. The largest absolute Gasteiger partial charge is 0.465 e. The molecule has 0 heterocycles. The van der Waals surface area contributed by atoms with Gasteiger partial charge in [0.25, 0.3) is 0 Å². The van der Waals surface area contributed by atoms with E-state index in [-0.39, 0.29) is 11.9 Å². The number of aliphatic hydroxyl groups is 1. The molecule has 0 unspecified atom stereocenters. The molecule has 0 amide bonds. The fraction of sp³-hybridized carbons (Fsp3) is 0.444. The summed E-state index contributed by atoms with van der Waals surface area (Å²) in [5.74, 6) is -1.13. The van der Waals surface area contributed by atoms with Gasteiger partial charge in [0.1, 0.15) is 0 Å². The van der Waals surface area contributed by atoms with Crippen LogP contribution in [0.4, 0.5) is 0 Å². The molecule has 5 heteroatoms. The zero-order valence-corrected chi connectivity index (χ0v) is 13.7. The lowest BCUT2D eigenvalue weighted by molar-refractivity contribution is -0.140. The average molecular weight is 318 g/mol. The Kier molecular flexibility index (Phi) is 5.21. The molecule has 0 aliphatic heterocycles. The highest BCUT2D eigenvalue weighted by Gasteiger charge is 2.41. The molecule has 0 bridgehead atoms. The van der Waals surface area contributed by atoms with Gasteiger partial charge in [-0.15, -0.1) is 0 Å². The molecule has 5 nitrogen and oxygen atoms in total. The fourth-order valence-electron chi connectivity index (χ4n) is 2.99. The molecule has 0 spiro atoms. The maximum atomic E-state index is 12.1. The van der Waals surface area contributed by atoms with Crippen molar-refractivity contribution < 1.29 is 24.2 Å². The van der Waals surface area contributed by atoms with E-state index in [0.717, 1.165) is 6.42 Å². The highest BCUT2D eigenvalue weighted by atomic mass is 16.5. The van der Waals surface area contributed by atoms with Gasteiger partial charge in [0, 0.05) is 11.5 Å². The van der Waals surface area contributed by atoms with Crippen LogP contribution in [-0.2, 0) is 19.9 Å². The van der Waals surface area contributed by atoms with Crippen molar-refractivity contribution in [3.63, 3.8) is 0 Å². The van der Waals surface area contributed by atoms with Gasteiger partial charge in [0.05, 0.1) is 24.9 Å². The molecule has 1 aromatic rings. The van der Waals surface area contributed by atoms with E-state index in [2.05, 4.69) is 4.74 Å². The third-order valence-electron chi connectivity index (χ3n) is 4.28. The van der Waals surface area contributed by atoms with Gasteiger partial charge in [-0.1, -0.05) is 18.2 Å². The topological polar surface area (TPSA) is 72.8 Å².